The summed E-state index contributed by atoms with van der Waals surface area (Å²) in [6.45, 7) is 7.25. The van der Waals surface area contributed by atoms with E-state index in [2.05, 4.69) is 18.9 Å². The van der Waals surface area contributed by atoms with Crippen molar-refractivity contribution in [2.24, 2.45) is 0 Å². The highest BCUT2D eigenvalue weighted by Gasteiger charge is 2.30. The van der Waals surface area contributed by atoms with Crippen molar-refractivity contribution < 1.29 is 57.2 Å². The molecular formula is C22H36O12. The summed E-state index contributed by atoms with van der Waals surface area (Å²) in [5, 5.41) is 0. The first kappa shape index (κ1) is 33.6. The van der Waals surface area contributed by atoms with Crippen molar-refractivity contribution in [3.63, 3.8) is 0 Å². The van der Waals surface area contributed by atoms with Gasteiger partial charge in [-0.15, -0.1) is 0 Å². The quantitative estimate of drug-likeness (QED) is 0.271. The molecule has 12 heteroatoms. The molecule has 0 saturated heterocycles. The van der Waals surface area contributed by atoms with Gasteiger partial charge in [-0.2, -0.15) is 0 Å². The predicted octanol–water partition coefficient (Wildman–Crippen LogP) is 0.259. The molecule has 0 aromatic heterocycles. The molecule has 0 fully saturated rings. The summed E-state index contributed by atoms with van der Waals surface area (Å²) in [4.78, 5) is 66.3. The molecule has 0 radical (unpaired) electrons. The second kappa shape index (κ2) is 17.0. The first-order valence-electron chi connectivity index (χ1n) is 10.2. The van der Waals surface area contributed by atoms with E-state index in [0.717, 1.165) is 0 Å². The number of hydrogen-bond acceptors (Lipinski definition) is 12. The van der Waals surface area contributed by atoms with Gasteiger partial charge in [0.1, 0.15) is 50.8 Å². The van der Waals surface area contributed by atoms with Crippen molar-refractivity contribution in [3.8, 4) is 0 Å². The third-order valence-electron chi connectivity index (χ3n) is 3.87. The maximum Gasteiger partial charge on any atom is 0.332 e. The molecule has 0 aliphatic carbocycles. The monoisotopic (exact) mass is 492 g/mol. The fourth-order valence-corrected chi connectivity index (χ4v) is 1.70. The number of esters is 2. The summed E-state index contributed by atoms with van der Waals surface area (Å²) in [7, 11) is 2.80. The van der Waals surface area contributed by atoms with Gasteiger partial charge in [0.05, 0.1) is 0 Å². The smallest absolute Gasteiger partial charge is 0.332 e. The minimum absolute atomic E-state index is 0.0878. The Hall–Kier alpha value is -2.54. The lowest BCUT2D eigenvalue weighted by Gasteiger charge is -2.22. The molecule has 0 amide bonds. The molecule has 0 spiro atoms. The summed E-state index contributed by atoms with van der Waals surface area (Å²) in [5.41, 5.74) is -2.24. The third-order valence-corrected chi connectivity index (χ3v) is 3.87. The lowest BCUT2D eigenvalue weighted by molar-refractivity contribution is -0.162. The summed E-state index contributed by atoms with van der Waals surface area (Å²) in [6.07, 6.45) is 0. The highest BCUT2D eigenvalue weighted by atomic mass is 16.6. The second-order valence-electron chi connectivity index (χ2n) is 8.04. The van der Waals surface area contributed by atoms with Crippen molar-refractivity contribution in [1.29, 1.82) is 0 Å². The highest BCUT2D eigenvalue weighted by molar-refractivity contribution is 5.88. The van der Waals surface area contributed by atoms with Crippen molar-refractivity contribution in [2.75, 3.05) is 53.9 Å². The molecule has 12 nitrogen and oxygen atoms in total. The van der Waals surface area contributed by atoms with Crippen LogP contribution in [-0.2, 0) is 57.2 Å². The lowest BCUT2D eigenvalue weighted by atomic mass is 10.0. The fourth-order valence-electron chi connectivity index (χ4n) is 1.70. The molecule has 0 saturated carbocycles. The van der Waals surface area contributed by atoms with Gasteiger partial charge in [-0.1, -0.05) is 0 Å². The van der Waals surface area contributed by atoms with Gasteiger partial charge < -0.3 is 28.4 Å². The van der Waals surface area contributed by atoms with Crippen LogP contribution in [0.5, 0.6) is 0 Å². The van der Waals surface area contributed by atoms with Crippen LogP contribution < -0.4 is 0 Å². The van der Waals surface area contributed by atoms with E-state index in [0.29, 0.717) is 0 Å². The van der Waals surface area contributed by atoms with E-state index < -0.39 is 23.1 Å². The van der Waals surface area contributed by atoms with Crippen LogP contribution in [0, 0.1) is 0 Å². The fraction of sp³-hybridized carbons (Fsp3) is 0.727. The first-order chi connectivity index (χ1) is 15.6. The predicted molar refractivity (Wildman–Crippen MR) is 117 cm³/mol. The molecule has 0 aliphatic heterocycles. The standard InChI is InChI=1S/2C11H18O6/c2*1-8(12)5-16-10(14)7-17-11(2,3)9(13)6-15-4/h2*5-7H2,1-4H3. The van der Waals surface area contributed by atoms with Crippen LogP contribution in [0.15, 0.2) is 0 Å². The molecule has 0 N–H and O–H groups in total. The molecule has 0 unspecified atom stereocenters. The van der Waals surface area contributed by atoms with Crippen LogP contribution in [0.25, 0.3) is 0 Å². The van der Waals surface area contributed by atoms with Gasteiger partial charge in [-0.3, -0.25) is 19.2 Å². The Bertz CT molecular complexity index is 649. The normalized spacial score (nSPS) is 11.1. The number of ketones is 4. The maximum absolute atomic E-state index is 11.5. The molecule has 34 heavy (non-hydrogen) atoms. The second-order valence-corrected chi connectivity index (χ2v) is 8.04. The molecule has 0 bridgehead atoms. The van der Waals surface area contributed by atoms with Crippen LogP contribution in [0.3, 0.4) is 0 Å². The lowest BCUT2D eigenvalue weighted by Crippen LogP contribution is -2.39. The van der Waals surface area contributed by atoms with Gasteiger partial charge in [0.2, 0.25) is 0 Å². The van der Waals surface area contributed by atoms with Crippen LogP contribution in [0.1, 0.15) is 41.5 Å². The molecule has 0 aromatic carbocycles. The zero-order valence-electron chi connectivity index (χ0n) is 21.1. The molecule has 0 atom stereocenters. The van der Waals surface area contributed by atoms with E-state index in [9.17, 15) is 28.8 Å². The van der Waals surface area contributed by atoms with E-state index in [1.807, 2.05) is 0 Å². The van der Waals surface area contributed by atoms with Gasteiger partial charge in [0.15, 0.2) is 23.1 Å². The summed E-state index contributed by atoms with van der Waals surface area (Å²) in [6, 6.07) is 0. The summed E-state index contributed by atoms with van der Waals surface area (Å²) >= 11 is 0. The topological polar surface area (TPSA) is 158 Å². The first-order valence-corrected chi connectivity index (χ1v) is 10.2. The summed E-state index contributed by atoms with van der Waals surface area (Å²) in [5.74, 6) is -2.43. The Kier molecular flexibility index (Phi) is 16.8. The van der Waals surface area contributed by atoms with Crippen molar-refractivity contribution >= 4 is 35.1 Å². The van der Waals surface area contributed by atoms with Crippen molar-refractivity contribution in [1.82, 2.24) is 0 Å². The van der Waals surface area contributed by atoms with Gasteiger partial charge in [0.25, 0.3) is 0 Å². The van der Waals surface area contributed by atoms with E-state index in [1.165, 1.54) is 55.8 Å². The molecule has 0 aliphatic rings. The van der Waals surface area contributed by atoms with E-state index >= 15 is 0 Å². The SMILES string of the molecule is COCC(=O)C(C)(C)OCC(=O)OCC(C)=O.COCC(=O)C(C)(C)OCC(=O)OCC(C)=O. The van der Waals surface area contributed by atoms with Gasteiger partial charge >= 0.3 is 11.9 Å². The minimum Gasteiger partial charge on any atom is -0.456 e. The minimum atomic E-state index is -1.12. The maximum atomic E-state index is 11.5. The molecule has 196 valence electrons. The zero-order chi connectivity index (χ0) is 26.9. The Balaban J connectivity index is 0. The van der Waals surface area contributed by atoms with Gasteiger partial charge in [-0.05, 0) is 41.5 Å². The van der Waals surface area contributed by atoms with Crippen LogP contribution in [0.2, 0.25) is 0 Å². The number of rotatable bonds is 16. The van der Waals surface area contributed by atoms with E-state index in [1.54, 1.807) is 0 Å². The summed E-state index contributed by atoms with van der Waals surface area (Å²) < 4.78 is 28.8. The zero-order valence-corrected chi connectivity index (χ0v) is 21.1. The van der Waals surface area contributed by atoms with Gasteiger partial charge in [0, 0.05) is 14.2 Å². The number of methoxy groups -OCH3 is 2. The highest BCUT2D eigenvalue weighted by Crippen LogP contribution is 2.11. The molecule has 0 aromatic rings. The van der Waals surface area contributed by atoms with Crippen molar-refractivity contribution in [3.05, 3.63) is 0 Å². The molecular weight excluding hydrogens is 456 g/mol. The number of carbonyl (C=O) groups is 6. The largest absolute Gasteiger partial charge is 0.456 e. The third kappa shape index (κ3) is 17.0. The number of ether oxygens (including phenoxy) is 6. The Morgan fingerprint density at radius 1 is 0.529 bits per heavy atom. The number of carbonyl (C=O) groups excluding carboxylic acids is 6. The Morgan fingerprint density at radius 2 is 0.824 bits per heavy atom. The van der Waals surface area contributed by atoms with E-state index in [-0.39, 0.29) is 62.8 Å². The van der Waals surface area contributed by atoms with Gasteiger partial charge in [-0.25, -0.2) is 9.59 Å². The van der Waals surface area contributed by atoms with Crippen LogP contribution in [-0.4, -0.2) is 100 Å². The van der Waals surface area contributed by atoms with Crippen LogP contribution in [0.4, 0.5) is 0 Å². The van der Waals surface area contributed by atoms with E-state index in [4.69, 9.17) is 9.47 Å². The number of hydrogen-bond donors (Lipinski definition) is 0. The molecule has 0 heterocycles. The number of Topliss-reactive ketones (excluding diaryl/α,β-unsaturated/α-hetero) is 4. The Morgan fingerprint density at radius 3 is 1.06 bits per heavy atom. The van der Waals surface area contributed by atoms with Crippen LogP contribution >= 0.6 is 0 Å². The Labute approximate surface area is 199 Å². The van der Waals surface area contributed by atoms with Crippen molar-refractivity contribution in [2.45, 2.75) is 52.7 Å². The average molecular weight is 493 g/mol. The average Bonchev–Trinajstić information content (AvgIpc) is 2.74. The molecule has 0 rings (SSSR count).